The van der Waals surface area contributed by atoms with E-state index in [2.05, 4.69) is 47.8 Å². The van der Waals surface area contributed by atoms with Gasteiger partial charge in [-0.15, -0.1) is 0 Å². The van der Waals surface area contributed by atoms with Crippen molar-refractivity contribution in [2.75, 3.05) is 5.33 Å². The molecule has 5 heteroatoms. The summed E-state index contributed by atoms with van der Waals surface area (Å²) >= 11 is 10.3. The molecule has 0 amide bonds. The highest BCUT2D eigenvalue weighted by Gasteiger charge is 2.15. The van der Waals surface area contributed by atoms with E-state index >= 15 is 0 Å². The zero-order chi connectivity index (χ0) is 10.3. The van der Waals surface area contributed by atoms with Crippen molar-refractivity contribution in [3.05, 3.63) is 0 Å². The molecule has 0 aliphatic rings. The maximum Gasteiger partial charge on any atom is 0.146 e. The van der Waals surface area contributed by atoms with Gasteiger partial charge in [0.15, 0.2) is 0 Å². The largest absolute Gasteiger partial charge is 0.299 e. The average Bonchev–Trinajstić information content (AvgIpc) is 2.13. The van der Waals surface area contributed by atoms with Crippen molar-refractivity contribution in [3.63, 3.8) is 0 Å². The van der Waals surface area contributed by atoms with Crippen molar-refractivity contribution in [2.24, 2.45) is 0 Å². The van der Waals surface area contributed by atoms with Crippen LogP contribution < -0.4 is 0 Å². The molecule has 0 spiro atoms. The molecular formula is C8H10Br3NO. The van der Waals surface area contributed by atoms with Crippen molar-refractivity contribution >= 4 is 53.6 Å². The zero-order valence-electron chi connectivity index (χ0n) is 6.97. The molecule has 0 fully saturated rings. The number of hydrogen-bond acceptors (Lipinski definition) is 2. The average molecular weight is 376 g/mol. The number of ketones is 1. The Morgan fingerprint density at radius 2 is 2.00 bits per heavy atom. The van der Waals surface area contributed by atoms with Crippen LogP contribution in [0.1, 0.15) is 19.3 Å². The highest BCUT2D eigenvalue weighted by molar-refractivity contribution is 9.13. The molecule has 0 rings (SSSR count). The normalized spacial score (nSPS) is 14.6. The van der Waals surface area contributed by atoms with Crippen molar-refractivity contribution in [2.45, 2.75) is 28.9 Å². The van der Waals surface area contributed by atoms with Crippen LogP contribution in [0.4, 0.5) is 0 Å². The Morgan fingerprint density at radius 3 is 2.46 bits per heavy atom. The number of halogens is 3. The second-order valence-electron chi connectivity index (χ2n) is 2.60. The Balaban J connectivity index is 3.64. The lowest BCUT2D eigenvalue weighted by atomic mass is 10.1. The summed E-state index contributed by atoms with van der Waals surface area (Å²) in [5.41, 5.74) is 0. The van der Waals surface area contributed by atoms with Crippen LogP contribution in [0.25, 0.3) is 0 Å². The second kappa shape index (κ2) is 7.95. The van der Waals surface area contributed by atoms with Gasteiger partial charge in [-0.1, -0.05) is 47.8 Å². The van der Waals surface area contributed by atoms with Gasteiger partial charge in [0.2, 0.25) is 0 Å². The first-order chi connectivity index (χ1) is 6.11. The van der Waals surface area contributed by atoms with Crippen LogP contribution in [0, 0.1) is 11.3 Å². The van der Waals surface area contributed by atoms with Gasteiger partial charge < -0.3 is 0 Å². The van der Waals surface area contributed by atoms with E-state index in [-0.39, 0.29) is 17.0 Å². The van der Waals surface area contributed by atoms with E-state index in [1.54, 1.807) is 0 Å². The molecule has 74 valence electrons. The highest BCUT2D eigenvalue weighted by Crippen LogP contribution is 2.21. The number of nitriles is 1. The maximum atomic E-state index is 11.0. The number of nitrogens with zero attached hydrogens (tertiary/aromatic N) is 1. The Hall–Kier alpha value is 0.600. The second-order valence-corrected chi connectivity index (χ2v) is 5.60. The molecule has 0 N–H and O–H groups in total. The quantitative estimate of drug-likeness (QED) is 0.669. The topological polar surface area (TPSA) is 40.9 Å². The van der Waals surface area contributed by atoms with Gasteiger partial charge in [0.25, 0.3) is 0 Å². The van der Waals surface area contributed by atoms with Crippen molar-refractivity contribution in [1.29, 1.82) is 5.26 Å². The number of carbonyl (C=O) groups excluding carboxylic acids is 1. The third kappa shape index (κ3) is 6.64. The van der Waals surface area contributed by atoms with Gasteiger partial charge in [-0.2, -0.15) is 5.26 Å². The first-order valence-corrected chi connectivity index (χ1v) is 6.79. The van der Waals surface area contributed by atoms with Gasteiger partial charge in [-0.25, -0.2) is 0 Å². The number of rotatable bonds is 6. The Kier molecular flexibility index (Phi) is 8.32. The monoisotopic (exact) mass is 373 g/mol. The molecule has 0 aromatic rings. The van der Waals surface area contributed by atoms with Crippen molar-refractivity contribution in [1.82, 2.24) is 0 Å². The predicted molar refractivity (Wildman–Crippen MR) is 63.7 cm³/mol. The molecular weight excluding hydrogens is 366 g/mol. The molecule has 0 radical (unpaired) electrons. The maximum absolute atomic E-state index is 11.0. The van der Waals surface area contributed by atoms with E-state index in [1.165, 1.54) is 0 Å². The third-order valence-corrected chi connectivity index (χ3v) is 5.85. The standard InChI is InChI=1S/C8H10Br3NO/c9-5-8(11)7(10)2-1-6(13)3-4-12/h7-8H,1-3,5H2. The molecule has 0 aliphatic heterocycles. The number of Topliss-reactive ketones (excluding diaryl/α,β-unsaturated/α-hetero) is 1. The molecule has 0 heterocycles. The number of alkyl halides is 3. The third-order valence-electron chi connectivity index (χ3n) is 1.52. The number of hydrogen-bond donors (Lipinski definition) is 0. The first kappa shape index (κ1) is 13.6. The van der Waals surface area contributed by atoms with Gasteiger partial charge in [-0.05, 0) is 6.42 Å². The summed E-state index contributed by atoms with van der Waals surface area (Å²) in [6.07, 6.45) is 1.27. The summed E-state index contributed by atoms with van der Waals surface area (Å²) in [7, 11) is 0. The predicted octanol–water partition coefficient (Wildman–Crippen LogP) is 3.17. The smallest absolute Gasteiger partial charge is 0.146 e. The van der Waals surface area contributed by atoms with Crippen LogP contribution in [0.2, 0.25) is 0 Å². The molecule has 0 aliphatic carbocycles. The van der Waals surface area contributed by atoms with Crippen molar-refractivity contribution < 1.29 is 4.79 Å². The Bertz CT molecular complexity index is 202. The number of carbonyl (C=O) groups is 1. The zero-order valence-corrected chi connectivity index (χ0v) is 11.7. The van der Waals surface area contributed by atoms with Gasteiger partial charge in [-0.3, -0.25) is 4.79 Å². The fourth-order valence-electron chi connectivity index (χ4n) is 0.753. The molecule has 2 nitrogen and oxygen atoms in total. The van der Waals surface area contributed by atoms with Gasteiger partial charge in [0.05, 0.1) is 12.5 Å². The molecule has 0 saturated carbocycles. The molecule has 0 aromatic heterocycles. The van der Waals surface area contributed by atoms with Crippen LogP contribution in [-0.4, -0.2) is 20.8 Å². The highest BCUT2D eigenvalue weighted by atomic mass is 79.9. The van der Waals surface area contributed by atoms with Crippen LogP contribution in [0.3, 0.4) is 0 Å². The van der Waals surface area contributed by atoms with Gasteiger partial charge in [0.1, 0.15) is 5.78 Å². The minimum atomic E-state index is 0.0150. The molecule has 13 heavy (non-hydrogen) atoms. The molecule has 0 bridgehead atoms. The first-order valence-electron chi connectivity index (χ1n) is 3.84. The SMILES string of the molecule is N#CCC(=O)CCC(Br)C(Br)CBr. The minimum absolute atomic E-state index is 0.0150. The lowest BCUT2D eigenvalue weighted by Gasteiger charge is -2.12. The molecule has 2 unspecified atom stereocenters. The van der Waals surface area contributed by atoms with Crippen LogP contribution in [-0.2, 0) is 4.79 Å². The lowest BCUT2D eigenvalue weighted by molar-refractivity contribution is -0.118. The fourth-order valence-corrected chi connectivity index (χ4v) is 2.39. The van der Waals surface area contributed by atoms with E-state index < -0.39 is 0 Å². The fraction of sp³-hybridized carbons (Fsp3) is 0.750. The summed E-state index contributed by atoms with van der Waals surface area (Å²) in [6, 6.07) is 1.85. The summed E-state index contributed by atoms with van der Waals surface area (Å²) in [4.78, 5) is 11.6. The van der Waals surface area contributed by atoms with E-state index in [4.69, 9.17) is 5.26 Å². The van der Waals surface area contributed by atoms with Gasteiger partial charge in [0, 0.05) is 21.4 Å². The van der Waals surface area contributed by atoms with Gasteiger partial charge >= 0.3 is 0 Å². The van der Waals surface area contributed by atoms with E-state index in [0.717, 1.165) is 11.8 Å². The van der Waals surface area contributed by atoms with E-state index in [0.29, 0.717) is 11.2 Å². The van der Waals surface area contributed by atoms with E-state index in [1.807, 2.05) is 6.07 Å². The Morgan fingerprint density at radius 1 is 1.38 bits per heavy atom. The minimum Gasteiger partial charge on any atom is -0.299 e. The van der Waals surface area contributed by atoms with E-state index in [9.17, 15) is 4.79 Å². The van der Waals surface area contributed by atoms with Crippen LogP contribution >= 0.6 is 47.8 Å². The van der Waals surface area contributed by atoms with Crippen molar-refractivity contribution in [3.8, 4) is 6.07 Å². The Labute approximate surface area is 103 Å². The molecule has 0 aromatic carbocycles. The van der Waals surface area contributed by atoms with Crippen LogP contribution in [0.15, 0.2) is 0 Å². The lowest BCUT2D eigenvalue weighted by Crippen LogP contribution is -2.16. The summed E-state index contributed by atoms with van der Waals surface area (Å²) in [5.74, 6) is 0.0150. The molecule has 2 atom stereocenters. The summed E-state index contributed by atoms with van der Waals surface area (Å²) in [6.45, 7) is 0. The summed E-state index contributed by atoms with van der Waals surface area (Å²) < 4.78 is 0. The summed E-state index contributed by atoms with van der Waals surface area (Å²) in [5, 5.41) is 9.10. The van der Waals surface area contributed by atoms with Crippen LogP contribution in [0.5, 0.6) is 0 Å². The molecule has 0 saturated heterocycles.